The molecule has 1 heterocycles. The number of benzene rings is 1. The summed E-state index contributed by atoms with van der Waals surface area (Å²) >= 11 is 3.61. The van der Waals surface area contributed by atoms with Crippen LogP contribution in [0.1, 0.15) is 44.7 Å². The number of piperidine rings is 1. The molecule has 1 aromatic carbocycles. The first kappa shape index (κ1) is 16.5. The lowest BCUT2D eigenvalue weighted by Gasteiger charge is -2.34. The molecule has 21 heavy (non-hydrogen) atoms. The summed E-state index contributed by atoms with van der Waals surface area (Å²) < 4.78 is 1.08. The van der Waals surface area contributed by atoms with Crippen LogP contribution in [0.4, 0.5) is 0 Å². The van der Waals surface area contributed by atoms with Gasteiger partial charge in [-0.05, 0) is 50.9 Å². The first-order valence-corrected chi connectivity index (χ1v) is 8.70. The molecule has 0 saturated carbocycles. The lowest BCUT2D eigenvalue weighted by atomic mass is 9.95. The van der Waals surface area contributed by atoms with Gasteiger partial charge in [-0.15, -0.1) is 0 Å². The van der Waals surface area contributed by atoms with Crippen molar-refractivity contribution in [3.8, 4) is 0 Å². The Labute approximate surface area is 136 Å². The molecule has 0 bridgehead atoms. The highest BCUT2D eigenvalue weighted by molar-refractivity contribution is 9.10. The first-order chi connectivity index (χ1) is 10.1. The SMILES string of the molecule is CCCN(C(=O)C1CCNCC1)C(C)c1ccccc1Br. The van der Waals surface area contributed by atoms with E-state index in [1.807, 2.05) is 18.2 Å². The zero-order chi connectivity index (χ0) is 15.2. The van der Waals surface area contributed by atoms with Crippen molar-refractivity contribution in [2.45, 2.75) is 39.2 Å². The average Bonchev–Trinajstić information content (AvgIpc) is 2.52. The van der Waals surface area contributed by atoms with Gasteiger partial charge >= 0.3 is 0 Å². The number of carbonyl (C=O) groups is 1. The average molecular weight is 353 g/mol. The maximum atomic E-state index is 12.9. The molecule has 4 heteroatoms. The second-order valence-corrected chi connectivity index (χ2v) is 6.61. The number of halogens is 1. The van der Waals surface area contributed by atoms with Gasteiger partial charge in [-0.25, -0.2) is 0 Å². The van der Waals surface area contributed by atoms with Gasteiger partial charge in [0.15, 0.2) is 0 Å². The van der Waals surface area contributed by atoms with Crippen LogP contribution in [0.25, 0.3) is 0 Å². The lowest BCUT2D eigenvalue weighted by molar-refractivity contribution is -0.138. The van der Waals surface area contributed by atoms with Gasteiger partial charge in [0.1, 0.15) is 0 Å². The maximum absolute atomic E-state index is 12.9. The van der Waals surface area contributed by atoms with Crippen molar-refractivity contribution in [3.63, 3.8) is 0 Å². The summed E-state index contributed by atoms with van der Waals surface area (Å²) in [7, 11) is 0. The zero-order valence-electron chi connectivity index (χ0n) is 12.9. The number of nitrogens with zero attached hydrogens (tertiary/aromatic N) is 1. The normalized spacial score (nSPS) is 17.5. The van der Waals surface area contributed by atoms with Crippen LogP contribution in [0.15, 0.2) is 28.7 Å². The fourth-order valence-corrected chi connectivity index (χ4v) is 3.64. The lowest BCUT2D eigenvalue weighted by Crippen LogP contribution is -2.42. The Morgan fingerprint density at radius 2 is 2.05 bits per heavy atom. The molecule has 1 saturated heterocycles. The van der Waals surface area contributed by atoms with Gasteiger partial charge < -0.3 is 10.2 Å². The molecule has 1 fully saturated rings. The van der Waals surface area contributed by atoms with Crippen molar-refractivity contribution in [1.29, 1.82) is 0 Å². The van der Waals surface area contributed by atoms with Gasteiger partial charge in [0.2, 0.25) is 5.91 Å². The zero-order valence-corrected chi connectivity index (χ0v) is 14.5. The van der Waals surface area contributed by atoms with E-state index >= 15 is 0 Å². The van der Waals surface area contributed by atoms with E-state index in [2.05, 4.69) is 46.1 Å². The van der Waals surface area contributed by atoms with Crippen molar-refractivity contribution >= 4 is 21.8 Å². The molecular weight excluding hydrogens is 328 g/mol. The van der Waals surface area contributed by atoms with Crippen LogP contribution in [0.5, 0.6) is 0 Å². The van der Waals surface area contributed by atoms with Crippen LogP contribution in [0.3, 0.4) is 0 Å². The number of carbonyl (C=O) groups excluding carboxylic acids is 1. The third kappa shape index (κ3) is 4.07. The molecule has 1 atom stereocenters. The molecule has 116 valence electrons. The predicted octanol–water partition coefficient (Wildman–Crippen LogP) is 3.75. The molecule has 1 unspecified atom stereocenters. The predicted molar refractivity (Wildman–Crippen MR) is 90.2 cm³/mol. The molecule has 1 N–H and O–H groups in total. The molecule has 1 amide bonds. The Morgan fingerprint density at radius 3 is 2.67 bits per heavy atom. The van der Waals surface area contributed by atoms with Crippen LogP contribution < -0.4 is 5.32 Å². The molecule has 1 aliphatic rings. The largest absolute Gasteiger partial charge is 0.336 e. The minimum Gasteiger partial charge on any atom is -0.336 e. The second-order valence-electron chi connectivity index (χ2n) is 5.75. The van der Waals surface area contributed by atoms with Crippen molar-refractivity contribution < 1.29 is 4.79 Å². The monoisotopic (exact) mass is 352 g/mol. The van der Waals surface area contributed by atoms with Gasteiger partial charge in [-0.1, -0.05) is 41.1 Å². The molecule has 0 radical (unpaired) electrons. The van der Waals surface area contributed by atoms with Crippen molar-refractivity contribution in [1.82, 2.24) is 10.2 Å². The smallest absolute Gasteiger partial charge is 0.226 e. The van der Waals surface area contributed by atoms with E-state index in [9.17, 15) is 4.79 Å². The molecule has 0 aliphatic carbocycles. The summed E-state index contributed by atoms with van der Waals surface area (Å²) in [5, 5.41) is 3.33. The van der Waals surface area contributed by atoms with Crippen molar-refractivity contribution in [2.24, 2.45) is 5.92 Å². The topological polar surface area (TPSA) is 32.3 Å². The second kappa shape index (κ2) is 7.95. The van der Waals surface area contributed by atoms with Crippen LogP contribution in [-0.4, -0.2) is 30.4 Å². The molecule has 1 aliphatic heterocycles. The minimum atomic E-state index is 0.114. The third-order valence-corrected chi connectivity index (χ3v) is 4.98. The summed E-state index contributed by atoms with van der Waals surface area (Å²) in [6.07, 6.45) is 2.91. The number of rotatable bonds is 5. The summed E-state index contributed by atoms with van der Waals surface area (Å²) in [5.41, 5.74) is 1.19. The maximum Gasteiger partial charge on any atom is 0.226 e. The highest BCUT2D eigenvalue weighted by Gasteiger charge is 2.29. The van der Waals surface area contributed by atoms with E-state index in [1.165, 1.54) is 5.56 Å². The van der Waals surface area contributed by atoms with Crippen LogP contribution in [0.2, 0.25) is 0 Å². The molecular formula is C17H25BrN2O. The van der Waals surface area contributed by atoms with E-state index < -0.39 is 0 Å². The van der Waals surface area contributed by atoms with Crippen molar-refractivity contribution in [2.75, 3.05) is 19.6 Å². The third-order valence-electron chi connectivity index (χ3n) is 4.26. The fraction of sp³-hybridized carbons (Fsp3) is 0.588. The van der Waals surface area contributed by atoms with Crippen LogP contribution in [-0.2, 0) is 4.79 Å². The summed E-state index contributed by atoms with van der Waals surface area (Å²) in [5.74, 6) is 0.504. The van der Waals surface area contributed by atoms with Gasteiger partial charge in [0, 0.05) is 16.9 Å². The quantitative estimate of drug-likeness (QED) is 0.875. The molecule has 0 aromatic heterocycles. The number of nitrogens with one attached hydrogen (secondary N) is 1. The Morgan fingerprint density at radius 1 is 1.38 bits per heavy atom. The van der Waals surface area contributed by atoms with Gasteiger partial charge in [-0.3, -0.25) is 4.79 Å². The Balaban J connectivity index is 2.17. The van der Waals surface area contributed by atoms with E-state index in [1.54, 1.807) is 0 Å². The highest BCUT2D eigenvalue weighted by atomic mass is 79.9. The molecule has 0 spiro atoms. The van der Waals surface area contributed by atoms with E-state index in [-0.39, 0.29) is 12.0 Å². The number of hydrogen-bond donors (Lipinski definition) is 1. The molecule has 2 rings (SSSR count). The summed E-state index contributed by atoms with van der Waals surface area (Å²) in [6.45, 7) is 7.01. The van der Waals surface area contributed by atoms with Gasteiger partial charge in [0.05, 0.1) is 6.04 Å². The van der Waals surface area contributed by atoms with Crippen LogP contribution in [0, 0.1) is 5.92 Å². The van der Waals surface area contributed by atoms with Gasteiger partial charge in [0.25, 0.3) is 0 Å². The van der Waals surface area contributed by atoms with Crippen LogP contribution >= 0.6 is 15.9 Å². The fourth-order valence-electron chi connectivity index (χ4n) is 3.02. The van der Waals surface area contributed by atoms with Gasteiger partial charge in [-0.2, -0.15) is 0 Å². The number of hydrogen-bond acceptors (Lipinski definition) is 2. The van der Waals surface area contributed by atoms with Crippen molar-refractivity contribution in [3.05, 3.63) is 34.3 Å². The minimum absolute atomic E-state index is 0.114. The van der Waals surface area contributed by atoms with E-state index in [0.717, 1.165) is 43.4 Å². The number of amides is 1. The highest BCUT2D eigenvalue weighted by Crippen LogP contribution is 2.29. The molecule has 3 nitrogen and oxygen atoms in total. The summed E-state index contributed by atoms with van der Waals surface area (Å²) in [4.78, 5) is 15.0. The van der Waals surface area contributed by atoms with E-state index in [4.69, 9.17) is 0 Å². The molecule has 1 aromatic rings. The Hall–Kier alpha value is -0.870. The Kier molecular flexibility index (Phi) is 6.24. The first-order valence-electron chi connectivity index (χ1n) is 7.90. The summed E-state index contributed by atoms with van der Waals surface area (Å²) in [6, 6.07) is 8.32. The standard InChI is InChI=1S/C17H25BrN2O/c1-3-12-20(17(21)14-8-10-19-11-9-14)13(2)15-6-4-5-7-16(15)18/h4-7,13-14,19H,3,8-12H2,1-2H3. The Bertz CT molecular complexity index is 472. The van der Waals surface area contributed by atoms with E-state index in [0.29, 0.717) is 5.91 Å².